The SMILES string of the molecule is Cc1nnc(N(C)CC(=O)O)nc1C. The van der Waals surface area contributed by atoms with Gasteiger partial charge in [0.05, 0.1) is 11.4 Å². The molecule has 1 aromatic heterocycles. The number of rotatable bonds is 3. The molecule has 0 bridgehead atoms. The molecule has 0 aliphatic rings. The molecule has 76 valence electrons. The highest BCUT2D eigenvalue weighted by Crippen LogP contribution is 2.05. The molecule has 0 atom stereocenters. The van der Waals surface area contributed by atoms with E-state index in [2.05, 4.69) is 15.2 Å². The van der Waals surface area contributed by atoms with Gasteiger partial charge in [0.2, 0.25) is 5.95 Å². The van der Waals surface area contributed by atoms with Crippen LogP contribution >= 0.6 is 0 Å². The van der Waals surface area contributed by atoms with E-state index < -0.39 is 5.97 Å². The molecule has 0 fully saturated rings. The van der Waals surface area contributed by atoms with E-state index in [4.69, 9.17) is 5.11 Å². The first-order chi connectivity index (χ1) is 6.50. The molecule has 0 amide bonds. The van der Waals surface area contributed by atoms with Crippen molar-refractivity contribution in [3.05, 3.63) is 11.4 Å². The molecular formula is C8H12N4O2. The van der Waals surface area contributed by atoms with E-state index in [1.54, 1.807) is 14.0 Å². The van der Waals surface area contributed by atoms with Gasteiger partial charge in [0.1, 0.15) is 6.54 Å². The normalized spacial score (nSPS) is 9.93. The van der Waals surface area contributed by atoms with E-state index in [-0.39, 0.29) is 6.54 Å². The van der Waals surface area contributed by atoms with Crippen molar-refractivity contribution in [3.63, 3.8) is 0 Å². The van der Waals surface area contributed by atoms with E-state index in [1.807, 2.05) is 6.92 Å². The van der Waals surface area contributed by atoms with Crippen LogP contribution in [0.1, 0.15) is 11.4 Å². The second-order valence-electron chi connectivity index (χ2n) is 3.03. The van der Waals surface area contributed by atoms with Crippen LogP contribution in [0.2, 0.25) is 0 Å². The van der Waals surface area contributed by atoms with Crippen molar-refractivity contribution < 1.29 is 9.90 Å². The minimum absolute atomic E-state index is 0.135. The molecule has 0 aliphatic carbocycles. The summed E-state index contributed by atoms with van der Waals surface area (Å²) in [6.45, 7) is 3.47. The van der Waals surface area contributed by atoms with Gasteiger partial charge in [-0.25, -0.2) is 4.98 Å². The summed E-state index contributed by atoms with van der Waals surface area (Å²) in [6, 6.07) is 0. The van der Waals surface area contributed by atoms with Gasteiger partial charge in [-0.2, -0.15) is 5.10 Å². The first-order valence-corrected chi connectivity index (χ1v) is 4.11. The van der Waals surface area contributed by atoms with E-state index in [9.17, 15) is 4.79 Å². The summed E-state index contributed by atoms with van der Waals surface area (Å²) in [5.41, 5.74) is 1.50. The van der Waals surface area contributed by atoms with Gasteiger partial charge in [-0.15, -0.1) is 5.10 Å². The summed E-state index contributed by atoms with van der Waals surface area (Å²) in [6.07, 6.45) is 0. The Kier molecular flexibility index (Phi) is 2.95. The predicted octanol–water partition coefficient (Wildman–Crippen LogP) is 0.00924. The van der Waals surface area contributed by atoms with Gasteiger partial charge in [-0.05, 0) is 13.8 Å². The smallest absolute Gasteiger partial charge is 0.323 e. The second-order valence-corrected chi connectivity index (χ2v) is 3.03. The van der Waals surface area contributed by atoms with Crippen LogP contribution in [-0.2, 0) is 4.79 Å². The highest BCUT2D eigenvalue weighted by atomic mass is 16.4. The zero-order valence-corrected chi connectivity index (χ0v) is 8.35. The quantitative estimate of drug-likeness (QED) is 0.733. The number of nitrogens with zero attached hydrogens (tertiary/aromatic N) is 4. The van der Waals surface area contributed by atoms with Gasteiger partial charge in [0.15, 0.2) is 0 Å². The predicted molar refractivity (Wildman–Crippen MR) is 50.2 cm³/mol. The van der Waals surface area contributed by atoms with Gasteiger partial charge in [-0.3, -0.25) is 4.79 Å². The number of aryl methyl sites for hydroxylation is 2. The third-order valence-electron chi connectivity index (χ3n) is 1.79. The zero-order chi connectivity index (χ0) is 10.7. The number of anilines is 1. The number of likely N-dealkylation sites (N-methyl/N-ethyl adjacent to an activating group) is 1. The number of carboxylic acids is 1. The van der Waals surface area contributed by atoms with Crippen molar-refractivity contribution in [1.29, 1.82) is 0 Å². The fourth-order valence-corrected chi connectivity index (χ4v) is 0.881. The molecule has 0 saturated heterocycles. The van der Waals surface area contributed by atoms with Crippen LogP contribution in [0.25, 0.3) is 0 Å². The van der Waals surface area contributed by atoms with Gasteiger partial charge in [-0.1, -0.05) is 0 Å². The first-order valence-electron chi connectivity index (χ1n) is 4.11. The number of aliphatic carboxylic acids is 1. The molecule has 0 aromatic carbocycles. The van der Waals surface area contributed by atoms with Gasteiger partial charge in [0.25, 0.3) is 0 Å². The zero-order valence-electron chi connectivity index (χ0n) is 8.35. The van der Waals surface area contributed by atoms with E-state index in [1.165, 1.54) is 4.90 Å². The lowest BCUT2D eigenvalue weighted by Crippen LogP contribution is -2.27. The summed E-state index contributed by atoms with van der Waals surface area (Å²) in [4.78, 5) is 16.0. The van der Waals surface area contributed by atoms with Crippen LogP contribution in [0.15, 0.2) is 0 Å². The molecule has 0 radical (unpaired) electrons. The van der Waals surface area contributed by atoms with Crippen molar-refractivity contribution in [2.75, 3.05) is 18.5 Å². The largest absolute Gasteiger partial charge is 0.480 e. The Morgan fingerprint density at radius 3 is 2.50 bits per heavy atom. The van der Waals surface area contributed by atoms with Crippen molar-refractivity contribution in [3.8, 4) is 0 Å². The Bertz CT molecular complexity index is 353. The summed E-state index contributed by atoms with van der Waals surface area (Å²) < 4.78 is 0. The van der Waals surface area contributed by atoms with Crippen molar-refractivity contribution in [2.24, 2.45) is 0 Å². The Hall–Kier alpha value is -1.72. The van der Waals surface area contributed by atoms with Crippen molar-refractivity contribution in [1.82, 2.24) is 15.2 Å². The van der Waals surface area contributed by atoms with Crippen LogP contribution in [-0.4, -0.2) is 39.8 Å². The van der Waals surface area contributed by atoms with E-state index >= 15 is 0 Å². The first kappa shape index (κ1) is 10.4. The Labute approximate surface area is 81.6 Å². The van der Waals surface area contributed by atoms with Gasteiger partial charge in [0, 0.05) is 7.05 Å². The average Bonchev–Trinajstić information content (AvgIpc) is 2.08. The van der Waals surface area contributed by atoms with Crippen LogP contribution in [0.5, 0.6) is 0 Å². The fraction of sp³-hybridized carbons (Fsp3) is 0.500. The summed E-state index contributed by atoms with van der Waals surface area (Å²) in [5, 5.41) is 16.2. The average molecular weight is 196 g/mol. The third-order valence-corrected chi connectivity index (χ3v) is 1.79. The maximum Gasteiger partial charge on any atom is 0.323 e. The number of hydrogen-bond acceptors (Lipinski definition) is 5. The molecule has 0 aliphatic heterocycles. The molecule has 1 aromatic rings. The van der Waals surface area contributed by atoms with Gasteiger partial charge >= 0.3 is 5.97 Å². The number of carbonyl (C=O) groups is 1. The maximum absolute atomic E-state index is 10.4. The summed E-state index contributed by atoms with van der Waals surface area (Å²) in [5.74, 6) is -0.593. The third kappa shape index (κ3) is 2.38. The molecule has 14 heavy (non-hydrogen) atoms. The molecular weight excluding hydrogens is 184 g/mol. The summed E-state index contributed by atoms with van der Waals surface area (Å²) >= 11 is 0. The summed E-state index contributed by atoms with van der Waals surface area (Å²) in [7, 11) is 1.61. The molecule has 6 nitrogen and oxygen atoms in total. The molecule has 0 spiro atoms. The fourth-order valence-electron chi connectivity index (χ4n) is 0.881. The number of aromatic nitrogens is 3. The Morgan fingerprint density at radius 2 is 2.00 bits per heavy atom. The van der Waals surface area contributed by atoms with Crippen molar-refractivity contribution >= 4 is 11.9 Å². The van der Waals surface area contributed by atoms with Crippen LogP contribution in [0.4, 0.5) is 5.95 Å². The van der Waals surface area contributed by atoms with Crippen LogP contribution in [0, 0.1) is 13.8 Å². The molecule has 6 heteroatoms. The molecule has 0 unspecified atom stereocenters. The van der Waals surface area contributed by atoms with E-state index in [0.29, 0.717) is 5.95 Å². The second kappa shape index (κ2) is 3.99. The molecule has 1 rings (SSSR count). The van der Waals surface area contributed by atoms with Gasteiger partial charge < -0.3 is 10.0 Å². The standard InChI is InChI=1S/C8H12N4O2/c1-5-6(2)10-11-8(9-5)12(3)4-7(13)14/h4H2,1-3H3,(H,13,14). The lowest BCUT2D eigenvalue weighted by atomic mass is 10.4. The number of hydrogen-bond donors (Lipinski definition) is 1. The Balaban J connectivity index is 2.85. The maximum atomic E-state index is 10.4. The van der Waals surface area contributed by atoms with Crippen LogP contribution < -0.4 is 4.90 Å². The molecule has 0 saturated carbocycles. The van der Waals surface area contributed by atoms with Crippen LogP contribution in [0.3, 0.4) is 0 Å². The highest BCUT2D eigenvalue weighted by molar-refractivity contribution is 5.72. The highest BCUT2D eigenvalue weighted by Gasteiger charge is 2.09. The van der Waals surface area contributed by atoms with Crippen molar-refractivity contribution in [2.45, 2.75) is 13.8 Å². The number of carboxylic acid groups (broad SMARTS) is 1. The minimum atomic E-state index is -0.922. The lowest BCUT2D eigenvalue weighted by molar-refractivity contribution is -0.135. The molecule has 1 heterocycles. The monoisotopic (exact) mass is 196 g/mol. The minimum Gasteiger partial charge on any atom is -0.480 e. The van der Waals surface area contributed by atoms with E-state index in [0.717, 1.165) is 11.4 Å². The molecule has 1 N–H and O–H groups in total. The lowest BCUT2D eigenvalue weighted by Gasteiger charge is -2.13. The Morgan fingerprint density at radius 1 is 1.36 bits per heavy atom. The topological polar surface area (TPSA) is 79.2 Å².